The summed E-state index contributed by atoms with van der Waals surface area (Å²) in [7, 11) is -3.48. The van der Waals surface area contributed by atoms with Crippen molar-refractivity contribution < 1.29 is 13.2 Å². The zero-order valence-corrected chi connectivity index (χ0v) is 17.8. The van der Waals surface area contributed by atoms with E-state index in [-0.39, 0.29) is 18.3 Å². The molecule has 6 nitrogen and oxygen atoms in total. The fraction of sp³-hybridized carbons (Fsp3) is 0.650. The normalized spacial score (nSPS) is 28.4. The van der Waals surface area contributed by atoms with Gasteiger partial charge in [-0.2, -0.15) is 4.31 Å². The predicted octanol–water partition coefficient (Wildman–Crippen LogP) is 2.25. The van der Waals surface area contributed by atoms with E-state index in [1.165, 1.54) is 17.1 Å². The van der Waals surface area contributed by atoms with Gasteiger partial charge < -0.3 is 10.2 Å². The molecule has 156 valence electrons. The molecule has 3 saturated heterocycles. The number of carbonyl (C=O) groups is 1. The lowest BCUT2D eigenvalue weighted by atomic mass is 9.89. The smallest absolute Gasteiger partial charge is 0.243 e. The van der Waals surface area contributed by atoms with Crippen molar-refractivity contribution >= 4 is 28.3 Å². The van der Waals surface area contributed by atoms with Crippen LogP contribution in [0.1, 0.15) is 38.5 Å². The van der Waals surface area contributed by atoms with Crippen LogP contribution in [0.15, 0.2) is 35.2 Å². The van der Waals surface area contributed by atoms with Crippen molar-refractivity contribution in [2.75, 3.05) is 26.2 Å². The van der Waals surface area contributed by atoms with E-state index in [9.17, 15) is 13.2 Å². The molecule has 2 unspecified atom stereocenters. The minimum Gasteiger partial charge on any atom is -0.341 e. The Labute approximate surface area is 174 Å². The summed E-state index contributed by atoms with van der Waals surface area (Å²) < 4.78 is 27.2. The van der Waals surface area contributed by atoms with Gasteiger partial charge >= 0.3 is 0 Å². The summed E-state index contributed by atoms with van der Waals surface area (Å²) in [5.41, 5.74) is 0. The minimum atomic E-state index is -3.48. The molecule has 8 heteroatoms. The van der Waals surface area contributed by atoms with Crippen LogP contribution in [0.2, 0.25) is 0 Å². The van der Waals surface area contributed by atoms with E-state index in [0.717, 1.165) is 12.8 Å². The summed E-state index contributed by atoms with van der Waals surface area (Å²) in [4.78, 5) is 15.0. The number of rotatable bonds is 4. The third-order valence-electron chi connectivity index (χ3n) is 6.22. The Morgan fingerprint density at radius 2 is 1.68 bits per heavy atom. The summed E-state index contributed by atoms with van der Waals surface area (Å²) in [6.07, 6.45) is 5.99. The van der Waals surface area contributed by atoms with Crippen molar-refractivity contribution in [3.05, 3.63) is 30.3 Å². The average Bonchev–Trinajstić information content (AvgIpc) is 2.87. The Morgan fingerprint density at radius 1 is 1.00 bits per heavy atom. The number of sulfonamides is 1. The van der Waals surface area contributed by atoms with Crippen molar-refractivity contribution in [2.45, 2.75) is 55.5 Å². The molecule has 3 fully saturated rings. The van der Waals surface area contributed by atoms with Gasteiger partial charge in [-0.1, -0.05) is 18.2 Å². The SMILES string of the molecule is Cl.O=C(CC1CC2CCC(C1)N2)N1CCCN(S(=O)(=O)c2ccccc2)CC1. The largest absolute Gasteiger partial charge is 0.341 e. The van der Waals surface area contributed by atoms with Gasteiger partial charge in [0.2, 0.25) is 15.9 Å². The Hall–Kier alpha value is -1.15. The molecule has 1 amide bonds. The van der Waals surface area contributed by atoms with Crippen LogP contribution >= 0.6 is 12.4 Å². The first-order valence-corrected chi connectivity index (χ1v) is 11.6. The Kier molecular flexibility index (Phi) is 7.02. The quantitative estimate of drug-likeness (QED) is 0.800. The topological polar surface area (TPSA) is 69.7 Å². The lowest BCUT2D eigenvalue weighted by molar-refractivity contribution is -0.132. The molecule has 2 atom stereocenters. The molecule has 1 aromatic carbocycles. The highest BCUT2D eigenvalue weighted by atomic mass is 35.5. The molecule has 3 aliphatic rings. The van der Waals surface area contributed by atoms with E-state index in [0.29, 0.717) is 61.9 Å². The van der Waals surface area contributed by atoms with Crippen LogP contribution in [0.25, 0.3) is 0 Å². The van der Waals surface area contributed by atoms with Gasteiger partial charge in [-0.25, -0.2) is 8.42 Å². The van der Waals surface area contributed by atoms with Crippen LogP contribution in [0.5, 0.6) is 0 Å². The minimum absolute atomic E-state index is 0. The molecule has 4 rings (SSSR count). The van der Waals surface area contributed by atoms with E-state index in [4.69, 9.17) is 0 Å². The highest BCUT2D eigenvalue weighted by molar-refractivity contribution is 7.89. The number of halogens is 1. The van der Waals surface area contributed by atoms with Crippen LogP contribution in [0, 0.1) is 5.92 Å². The van der Waals surface area contributed by atoms with E-state index in [1.54, 1.807) is 24.3 Å². The highest BCUT2D eigenvalue weighted by Crippen LogP contribution is 2.33. The van der Waals surface area contributed by atoms with Gasteiger partial charge in [-0.15, -0.1) is 12.4 Å². The first-order valence-electron chi connectivity index (χ1n) is 10.1. The van der Waals surface area contributed by atoms with Crippen molar-refractivity contribution in [1.82, 2.24) is 14.5 Å². The number of hydrogen-bond donors (Lipinski definition) is 1. The zero-order valence-electron chi connectivity index (χ0n) is 16.1. The second-order valence-electron chi connectivity index (χ2n) is 8.13. The second kappa shape index (κ2) is 9.11. The van der Waals surface area contributed by atoms with E-state index < -0.39 is 10.0 Å². The fourth-order valence-corrected chi connectivity index (χ4v) is 6.33. The van der Waals surface area contributed by atoms with Crippen molar-refractivity contribution in [3.8, 4) is 0 Å². The fourth-order valence-electron chi connectivity index (χ4n) is 4.84. The lowest BCUT2D eigenvalue weighted by Crippen LogP contribution is -2.41. The first-order chi connectivity index (χ1) is 13.0. The molecule has 28 heavy (non-hydrogen) atoms. The zero-order chi connectivity index (χ0) is 18.9. The van der Waals surface area contributed by atoms with Crippen LogP contribution < -0.4 is 5.32 Å². The van der Waals surface area contributed by atoms with Gasteiger partial charge in [0.1, 0.15) is 0 Å². The molecular weight excluding hydrogens is 398 g/mol. The number of piperidine rings is 1. The molecule has 0 aromatic heterocycles. The Balaban J connectivity index is 0.00000225. The highest BCUT2D eigenvalue weighted by Gasteiger charge is 2.35. The summed E-state index contributed by atoms with van der Waals surface area (Å²) in [5.74, 6) is 0.670. The molecule has 0 spiro atoms. The molecule has 0 aliphatic carbocycles. The summed E-state index contributed by atoms with van der Waals surface area (Å²) >= 11 is 0. The van der Waals surface area contributed by atoms with E-state index in [2.05, 4.69) is 5.32 Å². The standard InChI is InChI=1S/C20H29N3O3S.ClH/c24-20(15-16-13-17-7-8-18(14-16)21-17)22-9-4-10-23(12-11-22)27(25,26)19-5-2-1-3-6-19;/h1-3,5-6,16-18,21H,4,7-15H2;1H. The molecule has 3 aliphatic heterocycles. The number of amides is 1. The monoisotopic (exact) mass is 427 g/mol. The third kappa shape index (κ3) is 4.70. The maximum atomic E-state index is 12.8. The molecule has 2 bridgehead atoms. The summed E-state index contributed by atoms with van der Waals surface area (Å²) in [6.45, 7) is 1.99. The maximum Gasteiger partial charge on any atom is 0.243 e. The van der Waals surface area contributed by atoms with E-state index >= 15 is 0 Å². The van der Waals surface area contributed by atoms with Gasteiger partial charge in [-0.05, 0) is 50.2 Å². The van der Waals surface area contributed by atoms with Crippen LogP contribution in [-0.2, 0) is 14.8 Å². The molecule has 1 N–H and O–H groups in total. The predicted molar refractivity (Wildman–Crippen MR) is 111 cm³/mol. The maximum absolute atomic E-state index is 12.8. The number of carbonyl (C=O) groups excluding carboxylic acids is 1. The number of nitrogens with one attached hydrogen (secondary N) is 1. The molecular formula is C20H30ClN3O3S. The van der Waals surface area contributed by atoms with Gasteiger partial charge in [0.15, 0.2) is 0 Å². The van der Waals surface area contributed by atoms with Crippen molar-refractivity contribution in [1.29, 1.82) is 0 Å². The van der Waals surface area contributed by atoms with E-state index in [1.807, 2.05) is 11.0 Å². The number of fused-ring (bicyclic) bond motifs is 2. The third-order valence-corrected chi connectivity index (χ3v) is 8.14. The van der Waals surface area contributed by atoms with Crippen molar-refractivity contribution in [2.24, 2.45) is 5.92 Å². The van der Waals surface area contributed by atoms with Gasteiger partial charge in [0.05, 0.1) is 4.90 Å². The Bertz CT molecular complexity index is 762. The molecule has 1 aromatic rings. The Morgan fingerprint density at radius 3 is 2.36 bits per heavy atom. The number of hydrogen-bond acceptors (Lipinski definition) is 4. The first kappa shape index (κ1) is 21.6. The molecule has 0 radical (unpaired) electrons. The van der Waals surface area contributed by atoms with Gasteiger partial charge in [-0.3, -0.25) is 4.79 Å². The second-order valence-corrected chi connectivity index (χ2v) is 10.1. The summed E-state index contributed by atoms with van der Waals surface area (Å²) in [6, 6.07) is 9.76. The molecule has 3 heterocycles. The number of nitrogens with zero attached hydrogens (tertiary/aromatic N) is 2. The lowest BCUT2D eigenvalue weighted by Gasteiger charge is -2.30. The van der Waals surface area contributed by atoms with Crippen molar-refractivity contribution in [3.63, 3.8) is 0 Å². The summed E-state index contributed by atoms with van der Waals surface area (Å²) in [5, 5.41) is 3.62. The van der Waals surface area contributed by atoms with Gasteiger partial charge in [0.25, 0.3) is 0 Å². The van der Waals surface area contributed by atoms with Crippen LogP contribution in [-0.4, -0.2) is 61.8 Å². The molecule has 0 saturated carbocycles. The van der Waals surface area contributed by atoms with Crippen LogP contribution in [0.4, 0.5) is 0 Å². The van der Waals surface area contributed by atoms with Gasteiger partial charge in [0, 0.05) is 44.7 Å². The average molecular weight is 428 g/mol. The number of benzene rings is 1. The van der Waals surface area contributed by atoms with Crippen LogP contribution in [0.3, 0.4) is 0 Å².